The maximum atomic E-state index is 12.9. The average molecular weight is 321 g/mol. The molecule has 2 fully saturated rings. The topological polar surface area (TPSA) is 36.4 Å². The summed E-state index contributed by atoms with van der Waals surface area (Å²) < 4.78 is 0. The van der Waals surface area contributed by atoms with E-state index in [4.69, 9.17) is 0 Å². The molecule has 1 saturated heterocycles. The molecular weight excluding hydrogens is 294 g/mol. The fourth-order valence-electron chi connectivity index (χ4n) is 4.38. The number of hydrogen-bond donors (Lipinski definition) is 0. The summed E-state index contributed by atoms with van der Waals surface area (Å²) in [5.41, 5.74) is 2.99. The molecule has 1 aromatic rings. The van der Waals surface area contributed by atoms with E-state index in [0.29, 0.717) is 11.6 Å². The summed E-state index contributed by atoms with van der Waals surface area (Å²) in [5.74, 6) is 0.175. The Labute approximate surface area is 137 Å². The third-order valence-corrected chi connectivity index (χ3v) is 6.59. The van der Waals surface area contributed by atoms with Gasteiger partial charge in [-0.2, -0.15) is 0 Å². The van der Waals surface area contributed by atoms with Gasteiger partial charge in [-0.05, 0) is 40.2 Å². The second-order valence-electron chi connectivity index (χ2n) is 6.88. The van der Waals surface area contributed by atoms with E-state index in [1.807, 2.05) is 6.92 Å². The number of aryl methyl sites for hydroxylation is 1. The minimum absolute atomic E-state index is 0.175. The predicted octanol–water partition coefficient (Wildman–Crippen LogP) is 3.32. The highest BCUT2D eigenvalue weighted by Crippen LogP contribution is 2.42. The molecule has 1 aliphatic carbocycles. The minimum Gasteiger partial charge on any atom is -0.334 e. The van der Waals surface area contributed by atoms with Gasteiger partial charge in [-0.3, -0.25) is 9.69 Å². The lowest BCUT2D eigenvalue weighted by atomic mass is 9.79. The first-order valence-corrected chi connectivity index (χ1v) is 9.37. The van der Waals surface area contributed by atoms with Gasteiger partial charge < -0.3 is 4.90 Å². The van der Waals surface area contributed by atoms with Crippen LogP contribution in [0.4, 0.5) is 0 Å². The Balaban J connectivity index is 1.77. The monoisotopic (exact) mass is 321 g/mol. The maximum Gasteiger partial charge on any atom is 0.266 e. The number of nitrogens with zero attached hydrogens (tertiary/aromatic N) is 3. The molecule has 22 heavy (non-hydrogen) atoms. The van der Waals surface area contributed by atoms with E-state index in [2.05, 4.69) is 28.8 Å². The number of likely N-dealkylation sites (N-methyl/N-ethyl adjacent to an activating group) is 2. The molecule has 3 rings (SSSR count). The van der Waals surface area contributed by atoms with Crippen LogP contribution < -0.4 is 0 Å². The Morgan fingerprint density at radius 1 is 1.45 bits per heavy atom. The first-order valence-electron chi connectivity index (χ1n) is 8.50. The zero-order valence-electron chi connectivity index (χ0n) is 14.0. The summed E-state index contributed by atoms with van der Waals surface area (Å²) in [6.07, 6.45) is 7.78. The molecule has 1 atom stereocenters. The van der Waals surface area contributed by atoms with E-state index in [0.717, 1.165) is 30.1 Å². The second-order valence-corrected chi connectivity index (χ2v) is 7.74. The number of aromatic nitrogens is 1. The third kappa shape index (κ3) is 2.69. The van der Waals surface area contributed by atoms with Crippen molar-refractivity contribution in [3.05, 3.63) is 16.1 Å². The highest BCUT2D eigenvalue weighted by Gasteiger charge is 2.46. The molecule has 4 nitrogen and oxygen atoms in total. The Hall–Kier alpha value is -0.940. The Morgan fingerprint density at radius 2 is 2.18 bits per heavy atom. The van der Waals surface area contributed by atoms with Gasteiger partial charge in [-0.25, -0.2) is 4.98 Å². The van der Waals surface area contributed by atoms with Crippen molar-refractivity contribution >= 4 is 17.2 Å². The fraction of sp³-hybridized carbons (Fsp3) is 0.765. The largest absolute Gasteiger partial charge is 0.334 e. The summed E-state index contributed by atoms with van der Waals surface area (Å²) in [7, 11) is 2.25. The van der Waals surface area contributed by atoms with Crippen LogP contribution in [-0.2, 0) is 0 Å². The average Bonchev–Trinajstić information content (AvgIpc) is 3.06. The van der Waals surface area contributed by atoms with Gasteiger partial charge in [0.25, 0.3) is 5.91 Å². The van der Waals surface area contributed by atoms with Crippen molar-refractivity contribution in [3.63, 3.8) is 0 Å². The lowest BCUT2D eigenvalue weighted by Crippen LogP contribution is -2.42. The van der Waals surface area contributed by atoms with Gasteiger partial charge in [-0.1, -0.05) is 19.3 Å². The second kappa shape index (κ2) is 6.28. The van der Waals surface area contributed by atoms with Crippen LogP contribution in [0.15, 0.2) is 5.51 Å². The lowest BCUT2D eigenvalue weighted by Gasteiger charge is -2.39. The van der Waals surface area contributed by atoms with Crippen LogP contribution in [-0.4, -0.2) is 52.4 Å². The van der Waals surface area contributed by atoms with Gasteiger partial charge in [0.2, 0.25) is 0 Å². The quantitative estimate of drug-likeness (QED) is 0.857. The number of rotatable bonds is 3. The smallest absolute Gasteiger partial charge is 0.266 e. The van der Waals surface area contributed by atoms with E-state index in [9.17, 15) is 4.79 Å². The number of thiazole rings is 1. The molecule has 2 heterocycles. The molecule has 1 amide bonds. The molecule has 0 aromatic carbocycles. The van der Waals surface area contributed by atoms with Crippen molar-refractivity contribution in [2.75, 3.05) is 20.1 Å². The van der Waals surface area contributed by atoms with Crippen LogP contribution in [0.2, 0.25) is 0 Å². The van der Waals surface area contributed by atoms with Gasteiger partial charge in [0.1, 0.15) is 4.88 Å². The molecule has 0 radical (unpaired) electrons. The molecule has 2 aliphatic rings. The first-order chi connectivity index (χ1) is 10.6. The first kappa shape index (κ1) is 15.9. The van der Waals surface area contributed by atoms with E-state index < -0.39 is 0 Å². The number of likely N-dealkylation sites (tertiary alicyclic amines) is 1. The number of amides is 1. The molecule has 0 N–H and O–H groups in total. The highest BCUT2D eigenvalue weighted by molar-refractivity contribution is 7.11. The van der Waals surface area contributed by atoms with Gasteiger partial charge in [-0.15, -0.1) is 11.3 Å². The van der Waals surface area contributed by atoms with Crippen molar-refractivity contribution in [1.82, 2.24) is 14.8 Å². The van der Waals surface area contributed by atoms with E-state index in [-0.39, 0.29) is 5.91 Å². The summed E-state index contributed by atoms with van der Waals surface area (Å²) in [4.78, 5) is 22.6. The highest BCUT2D eigenvalue weighted by atomic mass is 32.1. The van der Waals surface area contributed by atoms with Crippen LogP contribution in [0.3, 0.4) is 0 Å². The van der Waals surface area contributed by atoms with Crippen molar-refractivity contribution in [3.8, 4) is 0 Å². The van der Waals surface area contributed by atoms with E-state index >= 15 is 0 Å². The summed E-state index contributed by atoms with van der Waals surface area (Å²) in [6.45, 7) is 5.82. The fourth-order valence-corrected chi connectivity index (χ4v) is 5.14. The Kier molecular flexibility index (Phi) is 4.55. The van der Waals surface area contributed by atoms with Gasteiger partial charge in [0, 0.05) is 24.7 Å². The standard InChI is InChI=1S/C17H27N3OS/c1-4-20(16(21)15-13(2)18-12-22-15)14-10-17(19(3)11-14)8-6-5-7-9-17/h12,14H,4-11H2,1-3H3. The number of hydrogen-bond acceptors (Lipinski definition) is 4. The molecule has 1 unspecified atom stereocenters. The molecule has 0 bridgehead atoms. The molecule has 1 aromatic heterocycles. The maximum absolute atomic E-state index is 12.9. The Bertz CT molecular complexity index is 536. The van der Waals surface area contributed by atoms with Crippen molar-refractivity contribution in [2.24, 2.45) is 0 Å². The Morgan fingerprint density at radius 3 is 2.77 bits per heavy atom. The van der Waals surface area contributed by atoms with Gasteiger partial charge in [0.05, 0.1) is 11.2 Å². The minimum atomic E-state index is 0.175. The lowest BCUT2D eigenvalue weighted by molar-refractivity contribution is 0.0698. The van der Waals surface area contributed by atoms with Crippen molar-refractivity contribution in [1.29, 1.82) is 0 Å². The SMILES string of the molecule is CCN(C(=O)c1scnc1C)C1CN(C)C2(CCCCC2)C1. The van der Waals surface area contributed by atoms with Crippen LogP contribution in [0.25, 0.3) is 0 Å². The van der Waals surface area contributed by atoms with E-state index in [1.165, 1.54) is 43.4 Å². The molecular formula is C17H27N3OS. The molecule has 5 heteroatoms. The summed E-state index contributed by atoms with van der Waals surface area (Å²) in [6, 6.07) is 0.349. The van der Waals surface area contributed by atoms with Crippen molar-refractivity contribution < 1.29 is 4.79 Å². The molecule has 1 spiro atoms. The van der Waals surface area contributed by atoms with Gasteiger partial charge in [0.15, 0.2) is 0 Å². The van der Waals surface area contributed by atoms with Crippen LogP contribution in [0.5, 0.6) is 0 Å². The normalized spacial score (nSPS) is 24.8. The van der Waals surface area contributed by atoms with Crippen molar-refractivity contribution in [2.45, 2.75) is 64.0 Å². The molecule has 1 aliphatic heterocycles. The zero-order valence-corrected chi connectivity index (χ0v) is 14.8. The van der Waals surface area contributed by atoms with Crippen LogP contribution in [0, 0.1) is 6.92 Å². The van der Waals surface area contributed by atoms with Gasteiger partial charge >= 0.3 is 0 Å². The predicted molar refractivity (Wildman–Crippen MR) is 90.4 cm³/mol. The number of carbonyl (C=O) groups is 1. The zero-order chi connectivity index (χ0) is 15.7. The summed E-state index contributed by atoms with van der Waals surface area (Å²) >= 11 is 1.47. The molecule has 1 saturated carbocycles. The molecule has 122 valence electrons. The third-order valence-electron chi connectivity index (χ3n) is 5.68. The van der Waals surface area contributed by atoms with E-state index in [1.54, 1.807) is 5.51 Å². The van der Waals surface area contributed by atoms with Crippen LogP contribution in [0.1, 0.15) is 60.8 Å². The number of carbonyl (C=O) groups excluding carboxylic acids is 1. The van der Waals surface area contributed by atoms with Crippen LogP contribution >= 0.6 is 11.3 Å². The summed E-state index contributed by atoms with van der Waals surface area (Å²) in [5, 5.41) is 0.